The number of ether oxygens (including phenoxy) is 1. The van der Waals surface area contributed by atoms with Gasteiger partial charge in [-0.25, -0.2) is 0 Å². The van der Waals surface area contributed by atoms with Crippen LogP contribution in [0.3, 0.4) is 0 Å². The number of carbonyl (C=O) groups excluding carboxylic acids is 5. The molecule has 1 aromatic heterocycles. The SMILES string of the molecule is O=C1CCC(N2C(=O)c3ccc(C4CCN(Cc5ccc(C(F)(F)C(=O)Nc6cc([C@H]7CC[C@@H](Oc8ccccc8Cl)C7)[nH]n6)cc5)CC4)cc3C2=O)C(=O)N1. The van der Waals surface area contributed by atoms with Crippen LogP contribution in [0.5, 0.6) is 5.75 Å². The monoisotopic (exact) mass is 784 g/mol. The number of nitrogens with zero attached hydrogens (tertiary/aromatic N) is 3. The van der Waals surface area contributed by atoms with Gasteiger partial charge in [-0.1, -0.05) is 54.1 Å². The molecule has 2 saturated heterocycles. The molecular formula is C41H39ClF2N6O6. The Morgan fingerprint density at radius 2 is 1.64 bits per heavy atom. The van der Waals surface area contributed by atoms with Gasteiger partial charge in [-0.05, 0) is 92.9 Å². The second kappa shape index (κ2) is 15.2. The highest BCUT2D eigenvalue weighted by Gasteiger charge is 2.45. The summed E-state index contributed by atoms with van der Waals surface area (Å²) in [5.41, 5.74) is 2.57. The summed E-state index contributed by atoms with van der Waals surface area (Å²) in [6.45, 7) is 1.97. The molecule has 15 heteroatoms. The van der Waals surface area contributed by atoms with Gasteiger partial charge in [0, 0.05) is 36.2 Å². The number of hydrogen-bond acceptors (Lipinski definition) is 8. The van der Waals surface area contributed by atoms with Crippen LogP contribution < -0.4 is 15.4 Å². The number of H-pyrrole nitrogens is 1. The number of fused-ring (bicyclic) bond motifs is 1. The van der Waals surface area contributed by atoms with Crippen LogP contribution in [0.25, 0.3) is 0 Å². The highest BCUT2D eigenvalue weighted by atomic mass is 35.5. The lowest BCUT2D eigenvalue weighted by molar-refractivity contribution is -0.141. The lowest BCUT2D eigenvalue weighted by atomic mass is 9.87. The van der Waals surface area contributed by atoms with Gasteiger partial charge < -0.3 is 10.1 Å². The predicted molar refractivity (Wildman–Crippen MR) is 200 cm³/mol. The normalized spacial score (nSPS) is 22.0. The van der Waals surface area contributed by atoms with Gasteiger partial charge in [0.05, 0.1) is 22.3 Å². The summed E-state index contributed by atoms with van der Waals surface area (Å²) in [6.07, 6.45) is 3.94. The number of alkyl halides is 2. The maximum absolute atomic E-state index is 15.3. The average molecular weight is 785 g/mol. The summed E-state index contributed by atoms with van der Waals surface area (Å²) in [4.78, 5) is 66.3. The van der Waals surface area contributed by atoms with Gasteiger partial charge in [0.25, 0.3) is 11.8 Å². The summed E-state index contributed by atoms with van der Waals surface area (Å²) >= 11 is 6.23. The van der Waals surface area contributed by atoms with Crippen molar-refractivity contribution < 1.29 is 37.5 Å². The predicted octanol–water partition coefficient (Wildman–Crippen LogP) is 6.29. The molecule has 12 nitrogen and oxygen atoms in total. The molecule has 3 aliphatic heterocycles. The average Bonchev–Trinajstić information content (AvgIpc) is 3.92. The first-order valence-corrected chi connectivity index (χ1v) is 19.2. The van der Waals surface area contributed by atoms with Crippen molar-refractivity contribution in [2.45, 2.75) is 81.4 Å². The summed E-state index contributed by atoms with van der Waals surface area (Å²) < 4.78 is 36.8. The smallest absolute Gasteiger partial charge is 0.350 e. The Morgan fingerprint density at radius 1 is 0.893 bits per heavy atom. The number of rotatable bonds is 10. The number of imide groups is 2. The van der Waals surface area contributed by atoms with Gasteiger partial charge in [0.15, 0.2) is 5.82 Å². The number of aromatic amines is 1. The van der Waals surface area contributed by atoms with E-state index in [1.807, 2.05) is 24.3 Å². The van der Waals surface area contributed by atoms with E-state index in [-0.39, 0.29) is 47.7 Å². The van der Waals surface area contributed by atoms with E-state index in [9.17, 15) is 24.0 Å². The fourth-order valence-corrected chi connectivity index (χ4v) is 8.41. The maximum atomic E-state index is 15.3. The molecule has 0 spiro atoms. The number of amides is 5. The van der Waals surface area contributed by atoms with Crippen molar-refractivity contribution in [1.29, 1.82) is 0 Å². The Kier molecular flexibility index (Phi) is 10.2. The Balaban J connectivity index is 0.821. The van der Waals surface area contributed by atoms with Gasteiger partial charge in [0.1, 0.15) is 11.8 Å². The summed E-state index contributed by atoms with van der Waals surface area (Å²) in [5, 5.41) is 12.0. The van der Waals surface area contributed by atoms with Crippen LogP contribution in [-0.2, 0) is 26.9 Å². The van der Waals surface area contributed by atoms with E-state index < -0.39 is 47.1 Å². The van der Waals surface area contributed by atoms with E-state index in [1.54, 1.807) is 36.4 Å². The van der Waals surface area contributed by atoms with Crippen LogP contribution in [-0.4, -0.2) is 74.8 Å². The Hall–Kier alpha value is -5.47. The molecule has 1 saturated carbocycles. The summed E-state index contributed by atoms with van der Waals surface area (Å²) in [6, 6.07) is 18.8. The third-order valence-corrected chi connectivity index (χ3v) is 11.6. The van der Waals surface area contributed by atoms with E-state index in [1.165, 1.54) is 12.1 Å². The number of carbonyl (C=O) groups is 5. The quantitative estimate of drug-likeness (QED) is 0.159. The second-order valence-electron chi connectivity index (χ2n) is 14.9. The third kappa shape index (κ3) is 7.42. The number of hydrogen-bond donors (Lipinski definition) is 3. The molecule has 5 amide bonds. The van der Waals surface area contributed by atoms with Crippen LogP contribution in [0.1, 0.15) is 99.9 Å². The highest BCUT2D eigenvalue weighted by molar-refractivity contribution is 6.32. The first-order chi connectivity index (χ1) is 26.9. The van der Waals surface area contributed by atoms with E-state index in [4.69, 9.17) is 16.3 Å². The van der Waals surface area contributed by atoms with Crippen molar-refractivity contribution in [3.8, 4) is 5.75 Å². The Bertz CT molecular complexity index is 2200. The van der Waals surface area contributed by atoms with Gasteiger partial charge in [0.2, 0.25) is 11.8 Å². The molecule has 0 radical (unpaired) electrons. The minimum absolute atomic E-state index is 0.0225. The molecule has 290 valence electrons. The van der Waals surface area contributed by atoms with Gasteiger partial charge in [-0.2, -0.15) is 13.9 Å². The number of para-hydroxylation sites is 1. The van der Waals surface area contributed by atoms with Crippen LogP contribution in [0.15, 0.2) is 72.8 Å². The highest BCUT2D eigenvalue weighted by Crippen LogP contribution is 2.39. The van der Waals surface area contributed by atoms with E-state index >= 15 is 8.78 Å². The molecule has 1 unspecified atom stereocenters. The largest absolute Gasteiger partial charge is 0.489 e. The topological polar surface area (TPSA) is 154 Å². The zero-order chi connectivity index (χ0) is 39.1. The molecular weight excluding hydrogens is 746 g/mol. The number of likely N-dealkylation sites (tertiary alicyclic amines) is 1. The number of benzene rings is 3. The van der Waals surface area contributed by atoms with E-state index in [0.717, 1.165) is 60.5 Å². The molecule has 3 N–H and O–H groups in total. The molecule has 56 heavy (non-hydrogen) atoms. The van der Waals surface area contributed by atoms with Crippen LogP contribution in [0, 0.1) is 0 Å². The third-order valence-electron chi connectivity index (χ3n) is 11.3. The van der Waals surface area contributed by atoms with Crippen molar-refractivity contribution in [1.82, 2.24) is 25.3 Å². The molecule has 8 rings (SSSR count). The summed E-state index contributed by atoms with van der Waals surface area (Å²) in [5.74, 6) is -6.56. The Morgan fingerprint density at radius 3 is 2.39 bits per heavy atom. The maximum Gasteiger partial charge on any atom is 0.350 e. The van der Waals surface area contributed by atoms with Crippen LogP contribution in [0.2, 0.25) is 5.02 Å². The van der Waals surface area contributed by atoms with Crippen molar-refractivity contribution in [2.75, 3.05) is 18.4 Å². The van der Waals surface area contributed by atoms with Gasteiger partial charge in [-0.15, -0.1) is 0 Å². The first kappa shape index (κ1) is 37.5. The van der Waals surface area contributed by atoms with Crippen molar-refractivity contribution in [2.24, 2.45) is 0 Å². The molecule has 3 atom stereocenters. The van der Waals surface area contributed by atoms with Crippen LogP contribution in [0.4, 0.5) is 14.6 Å². The molecule has 3 fully saturated rings. The fourth-order valence-electron chi connectivity index (χ4n) is 8.23. The minimum atomic E-state index is -3.79. The number of halogens is 3. The second-order valence-corrected chi connectivity index (χ2v) is 15.3. The fraction of sp³-hybridized carbons (Fsp3) is 0.366. The lowest BCUT2D eigenvalue weighted by Gasteiger charge is -2.32. The standard InChI is InChI=1S/C41H39ClF2N6O6/c42-31-3-1-2-4-34(31)56-28-11-7-26(19-28)32-21-35(48-47-32)45-40(55)41(43,44)27-9-5-23(6-10-27)22-49-17-15-24(16-18-49)25-8-12-29-30(20-25)39(54)50(38(29)53)33-13-14-36(51)46-37(33)52/h1-6,8-10,12,20-21,24,26,28,33H,7,11,13-19,22H2,(H,46,51,52)(H2,45,47,48,55)/t26-,28+,33?/m0/s1. The van der Waals surface area contributed by atoms with Crippen molar-refractivity contribution >= 4 is 47.0 Å². The minimum Gasteiger partial charge on any atom is -0.489 e. The zero-order valence-corrected chi connectivity index (χ0v) is 31.0. The van der Waals surface area contributed by atoms with Crippen molar-refractivity contribution in [3.05, 3.63) is 111 Å². The molecule has 4 heterocycles. The van der Waals surface area contributed by atoms with Crippen molar-refractivity contribution in [3.63, 3.8) is 0 Å². The zero-order valence-electron chi connectivity index (χ0n) is 30.2. The summed E-state index contributed by atoms with van der Waals surface area (Å²) in [7, 11) is 0. The lowest BCUT2D eigenvalue weighted by Crippen LogP contribution is -2.54. The van der Waals surface area contributed by atoms with Crippen LogP contribution >= 0.6 is 11.6 Å². The van der Waals surface area contributed by atoms with E-state index in [2.05, 4.69) is 25.7 Å². The molecule has 0 bridgehead atoms. The van der Waals surface area contributed by atoms with E-state index in [0.29, 0.717) is 23.7 Å². The van der Waals surface area contributed by atoms with Gasteiger partial charge in [-0.3, -0.25) is 44.2 Å². The molecule has 3 aromatic carbocycles. The Labute approximate surface area is 325 Å². The first-order valence-electron chi connectivity index (χ1n) is 18.8. The van der Waals surface area contributed by atoms with Gasteiger partial charge >= 0.3 is 11.8 Å². The number of piperidine rings is 2. The molecule has 4 aromatic rings. The number of anilines is 1. The number of aromatic nitrogens is 2. The number of nitrogens with one attached hydrogen (secondary N) is 3. The molecule has 4 aliphatic rings. The molecule has 1 aliphatic carbocycles.